The van der Waals surface area contributed by atoms with Crippen molar-refractivity contribution in [3.63, 3.8) is 0 Å². The highest BCUT2D eigenvalue weighted by atomic mass is 35.5. The van der Waals surface area contributed by atoms with Crippen molar-refractivity contribution in [1.82, 2.24) is 4.98 Å². The smallest absolute Gasteiger partial charge is 0.278 e. The second-order valence-electron chi connectivity index (χ2n) is 2.78. The molecule has 1 heterocycles. The maximum absolute atomic E-state index is 13.2. The minimum Gasteiger partial charge on any atom is -0.396 e. The average molecular weight is 260 g/mol. The lowest BCUT2D eigenvalue weighted by Crippen LogP contribution is -2.17. The van der Waals surface area contributed by atoms with Crippen molar-refractivity contribution in [2.75, 3.05) is 6.61 Å². The van der Waals surface area contributed by atoms with E-state index in [1.165, 1.54) is 0 Å². The number of rotatable bonds is 3. The van der Waals surface area contributed by atoms with Gasteiger partial charge in [0.25, 0.3) is 5.92 Å². The molecule has 2 nitrogen and oxygen atoms in total. The number of aliphatic hydroxyl groups excluding tert-OH is 1. The molecule has 15 heavy (non-hydrogen) atoms. The maximum Gasteiger partial charge on any atom is 0.278 e. The van der Waals surface area contributed by atoms with Crippen molar-refractivity contribution in [3.05, 3.63) is 27.8 Å². The molecule has 0 bridgehead atoms. The predicted octanol–water partition coefficient (Wildman–Crippen LogP) is 3.00. The van der Waals surface area contributed by atoms with Crippen LogP contribution in [0.3, 0.4) is 0 Å². The van der Waals surface area contributed by atoms with Crippen LogP contribution in [0.15, 0.2) is 6.07 Å². The van der Waals surface area contributed by atoms with E-state index >= 15 is 0 Å². The van der Waals surface area contributed by atoms with E-state index in [4.69, 9.17) is 28.3 Å². The Balaban J connectivity index is 3.19. The van der Waals surface area contributed by atoms with Gasteiger partial charge < -0.3 is 5.11 Å². The molecule has 1 aromatic rings. The largest absolute Gasteiger partial charge is 0.396 e. The molecule has 0 saturated carbocycles. The van der Waals surface area contributed by atoms with E-state index in [-0.39, 0.29) is 0 Å². The monoisotopic (exact) mass is 259 g/mol. The van der Waals surface area contributed by atoms with Crippen LogP contribution in [0.2, 0.25) is 10.3 Å². The van der Waals surface area contributed by atoms with Gasteiger partial charge in [-0.25, -0.2) is 18.2 Å². The maximum atomic E-state index is 13.2. The molecule has 1 aromatic heterocycles. The van der Waals surface area contributed by atoms with Gasteiger partial charge in [0.1, 0.15) is 5.15 Å². The summed E-state index contributed by atoms with van der Waals surface area (Å²) in [6, 6.07) is 0.521. The van der Waals surface area contributed by atoms with E-state index in [2.05, 4.69) is 4.98 Å². The Kier molecular flexibility index (Phi) is 3.81. The Morgan fingerprint density at radius 2 is 1.93 bits per heavy atom. The van der Waals surface area contributed by atoms with Gasteiger partial charge in [-0.15, -0.1) is 0 Å². The van der Waals surface area contributed by atoms with E-state index < -0.39 is 40.6 Å². The molecule has 1 rings (SSSR count). The van der Waals surface area contributed by atoms with E-state index in [1.54, 1.807) is 0 Å². The van der Waals surface area contributed by atoms with Crippen molar-refractivity contribution in [2.45, 2.75) is 12.3 Å². The van der Waals surface area contributed by atoms with Crippen LogP contribution in [-0.2, 0) is 5.92 Å². The van der Waals surface area contributed by atoms with E-state index in [0.717, 1.165) is 0 Å². The fraction of sp³-hybridized carbons (Fsp3) is 0.375. The number of hydrogen-bond donors (Lipinski definition) is 1. The lowest BCUT2D eigenvalue weighted by molar-refractivity contribution is -0.0274. The summed E-state index contributed by atoms with van der Waals surface area (Å²) < 4.78 is 39.4. The molecule has 0 aliphatic heterocycles. The Morgan fingerprint density at radius 3 is 2.47 bits per heavy atom. The minimum atomic E-state index is -3.43. The molecule has 0 saturated heterocycles. The second-order valence-corrected chi connectivity index (χ2v) is 3.49. The summed E-state index contributed by atoms with van der Waals surface area (Å²) >= 11 is 10.6. The number of alkyl halides is 2. The lowest BCUT2D eigenvalue weighted by Gasteiger charge is -2.16. The standard InChI is InChI=1S/C8H6Cl2F3NO/c9-6-4(8(12,13)1-2-15)3-5(11)7(10)14-6/h3,15H,1-2H2. The van der Waals surface area contributed by atoms with Crippen LogP contribution in [0.4, 0.5) is 13.2 Å². The quantitative estimate of drug-likeness (QED) is 0.847. The Labute approximate surface area is 93.6 Å². The van der Waals surface area contributed by atoms with Gasteiger partial charge in [0.2, 0.25) is 0 Å². The summed E-state index contributed by atoms with van der Waals surface area (Å²) in [5.74, 6) is -4.50. The summed E-state index contributed by atoms with van der Waals surface area (Å²) in [5, 5.41) is 7.28. The molecule has 0 fully saturated rings. The highest BCUT2D eigenvalue weighted by Crippen LogP contribution is 2.36. The van der Waals surface area contributed by atoms with Crippen molar-refractivity contribution in [2.24, 2.45) is 0 Å². The number of pyridine rings is 1. The normalized spacial score (nSPS) is 11.9. The molecule has 0 aliphatic carbocycles. The van der Waals surface area contributed by atoms with Crippen LogP contribution in [0.25, 0.3) is 0 Å². The molecular formula is C8H6Cl2F3NO. The summed E-state index contributed by atoms with van der Waals surface area (Å²) in [7, 11) is 0. The van der Waals surface area contributed by atoms with Gasteiger partial charge >= 0.3 is 0 Å². The number of halogens is 5. The lowest BCUT2D eigenvalue weighted by atomic mass is 10.1. The SMILES string of the molecule is OCCC(F)(F)c1cc(F)c(Cl)nc1Cl. The molecular weight excluding hydrogens is 254 g/mol. The van der Waals surface area contributed by atoms with E-state index in [1.807, 2.05) is 0 Å². The van der Waals surface area contributed by atoms with Gasteiger partial charge in [0, 0.05) is 13.0 Å². The Bertz CT molecular complexity index is 373. The summed E-state index contributed by atoms with van der Waals surface area (Å²) in [4.78, 5) is 3.22. The molecule has 0 aromatic carbocycles. The molecule has 1 N–H and O–H groups in total. The van der Waals surface area contributed by atoms with Crippen molar-refractivity contribution in [1.29, 1.82) is 0 Å². The highest BCUT2D eigenvalue weighted by Gasteiger charge is 2.34. The van der Waals surface area contributed by atoms with Gasteiger partial charge in [-0.05, 0) is 6.07 Å². The van der Waals surface area contributed by atoms with Gasteiger partial charge in [0.15, 0.2) is 11.0 Å². The zero-order chi connectivity index (χ0) is 11.6. The zero-order valence-corrected chi connectivity index (χ0v) is 8.79. The molecule has 0 radical (unpaired) electrons. The molecule has 0 unspecified atom stereocenters. The first-order chi connectivity index (χ1) is 6.88. The summed E-state index contributed by atoms with van der Waals surface area (Å²) in [5.41, 5.74) is -0.778. The van der Waals surface area contributed by atoms with Gasteiger partial charge in [-0.2, -0.15) is 0 Å². The second kappa shape index (κ2) is 4.55. The molecule has 0 spiro atoms. The van der Waals surface area contributed by atoms with E-state index in [0.29, 0.717) is 6.07 Å². The molecule has 0 atom stereocenters. The van der Waals surface area contributed by atoms with Crippen molar-refractivity contribution in [3.8, 4) is 0 Å². The molecule has 0 aliphatic rings. The first-order valence-electron chi connectivity index (χ1n) is 3.89. The van der Waals surface area contributed by atoms with Crippen LogP contribution < -0.4 is 0 Å². The van der Waals surface area contributed by atoms with Crippen molar-refractivity contribution >= 4 is 23.2 Å². The van der Waals surface area contributed by atoms with Gasteiger partial charge in [-0.3, -0.25) is 0 Å². The van der Waals surface area contributed by atoms with E-state index in [9.17, 15) is 13.2 Å². The summed E-state index contributed by atoms with van der Waals surface area (Å²) in [6.07, 6.45) is -0.852. The fourth-order valence-electron chi connectivity index (χ4n) is 0.977. The van der Waals surface area contributed by atoms with Crippen LogP contribution in [0.1, 0.15) is 12.0 Å². The van der Waals surface area contributed by atoms with Crippen molar-refractivity contribution < 1.29 is 18.3 Å². The van der Waals surface area contributed by atoms with Crippen LogP contribution in [-0.4, -0.2) is 16.7 Å². The number of hydrogen-bond acceptors (Lipinski definition) is 2. The number of nitrogens with zero attached hydrogens (tertiary/aromatic N) is 1. The first-order valence-corrected chi connectivity index (χ1v) is 4.65. The number of aliphatic hydroxyl groups is 1. The van der Waals surface area contributed by atoms with Gasteiger partial charge in [-0.1, -0.05) is 23.2 Å². The van der Waals surface area contributed by atoms with Crippen LogP contribution >= 0.6 is 23.2 Å². The highest BCUT2D eigenvalue weighted by molar-refractivity contribution is 6.33. The summed E-state index contributed by atoms with van der Waals surface area (Å²) in [6.45, 7) is -0.742. The number of aromatic nitrogens is 1. The Morgan fingerprint density at radius 1 is 1.33 bits per heavy atom. The topological polar surface area (TPSA) is 33.1 Å². The zero-order valence-electron chi connectivity index (χ0n) is 7.28. The average Bonchev–Trinajstić information content (AvgIpc) is 2.11. The molecule has 7 heteroatoms. The third kappa shape index (κ3) is 2.74. The third-order valence-electron chi connectivity index (χ3n) is 1.71. The first kappa shape index (κ1) is 12.5. The molecule has 0 amide bonds. The van der Waals surface area contributed by atoms with Crippen LogP contribution in [0, 0.1) is 5.82 Å². The van der Waals surface area contributed by atoms with Gasteiger partial charge in [0.05, 0.1) is 5.56 Å². The van der Waals surface area contributed by atoms with Crippen LogP contribution in [0.5, 0.6) is 0 Å². The Hall–Kier alpha value is -0.520. The predicted molar refractivity (Wildman–Crippen MR) is 49.8 cm³/mol. The molecule has 84 valence electrons. The fourth-order valence-corrected chi connectivity index (χ4v) is 1.44. The minimum absolute atomic E-state index is 0.521. The third-order valence-corrected chi connectivity index (χ3v) is 2.26.